The van der Waals surface area contributed by atoms with Gasteiger partial charge in [0.2, 0.25) is 4.73 Å². The lowest BCUT2D eigenvalue weighted by atomic mass is 10.1. The van der Waals surface area contributed by atoms with Gasteiger partial charge in [0.05, 0.1) is 6.20 Å². The van der Waals surface area contributed by atoms with E-state index in [2.05, 4.69) is 36.2 Å². The minimum absolute atomic E-state index is 0.0633. The number of carbonyl (C=O) groups is 1. The van der Waals surface area contributed by atoms with Crippen molar-refractivity contribution >= 4 is 21.7 Å². The van der Waals surface area contributed by atoms with E-state index in [4.69, 9.17) is 0 Å². The lowest BCUT2D eigenvalue weighted by Gasteiger charge is -2.04. The van der Waals surface area contributed by atoms with Crippen molar-refractivity contribution in [2.24, 2.45) is 0 Å². The molecule has 0 radical (unpaired) electrons. The predicted molar refractivity (Wildman–Crippen MR) is 79.5 cm³/mol. The number of halogens is 4. The largest absolute Gasteiger partial charge is 0.453 e. The van der Waals surface area contributed by atoms with Gasteiger partial charge in [-0.15, -0.1) is 10.2 Å². The topological polar surface area (TPSA) is 73.6 Å². The van der Waals surface area contributed by atoms with Gasteiger partial charge in [-0.25, -0.2) is 0 Å². The third kappa shape index (κ3) is 3.18. The highest BCUT2D eigenvalue weighted by molar-refractivity contribution is 9.10. The number of benzene rings is 1. The summed E-state index contributed by atoms with van der Waals surface area (Å²) in [5.74, 6) is -1.72. The molecule has 10 heteroatoms. The van der Waals surface area contributed by atoms with Gasteiger partial charge in [0.15, 0.2) is 11.6 Å². The maximum absolute atomic E-state index is 12.7. The van der Waals surface area contributed by atoms with E-state index in [0.29, 0.717) is 5.56 Å². The highest BCUT2D eigenvalue weighted by Gasteiger charge is 2.37. The first kappa shape index (κ1) is 16.2. The van der Waals surface area contributed by atoms with Crippen molar-refractivity contribution < 1.29 is 18.0 Å². The van der Waals surface area contributed by atoms with E-state index in [-0.39, 0.29) is 21.9 Å². The van der Waals surface area contributed by atoms with Crippen molar-refractivity contribution in [2.75, 3.05) is 0 Å². The van der Waals surface area contributed by atoms with Crippen LogP contribution >= 0.6 is 15.9 Å². The Kier molecular flexibility index (Phi) is 4.14. The number of hydrogen-bond donors (Lipinski definition) is 0. The third-order valence-electron chi connectivity index (χ3n) is 2.98. The Morgan fingerprint density at radius 1 is 1.12 bits per heavy atom. The molecule has 122 valence electrons. The van der Waals surface area contributed by atoms with Crippen molar-refractivity contribution in [3.8, 4) is 5.82 Å². The van der Waals surface area contributed by atoms with Gasteiger partial charge in [0.25, 0.3) is 5.82 Å². The fourth-order valence-electron chi connectivity index (χ4n) is 1.90. The summed E-state index contributed by atoms with van der Waals surface area (Å²) in [4.78, 5) is 15.7. The van der Waals surface area contributed by atoms with Crippen LogP contribution < -0.4 is 0 Å². The summed E-state index contributed by atoms with van der Waals surface area (Å²) in [6, 6.07) is 9.70. The van der Waals surface area contributed by atoms with E-state index >= 15 is 0 Å². The van der Waals surface area contributed by atoms with Crippen LogP contribution in [-0.4, -0.2) is 30.7 Å². The Hall–Kier alpha value is -2.62. The van der Waals surface area contributed by atoms with Gasteiger partial charge in [0.1, 0.15) is 0 Å². The molecule has 0 saturated carbocycles. The molecule has 0 saturated heterocycles. The van der Waals surface area contributed by atoms with Crippen molar-refractivity contribution in [1.82, 2.24) is 25.0 Å². The van der Waals surface area contributed by atoms with Gasteiger partial charge in [-0.3, -0.25) is 4.79 Å². The van der Waals surface area contributed by atoms with Crippen molar-refractivity contribution in [2.45, 2.75) is 6.18 Å². The van der Waals surface area contributed by atoms with Crippen LogP contribution in [0, 0.1) is 0 Å². The third-order valence-corrected chi connectivity index (χ3v) is 3.49. The monoisotopic (exact) mass is 397 g/mol. The van der Waals surface area contributed by atoms with Crippen LogP contribution in [0.1, 0.15) is 21.7 Å². The first-order valence-electron chi connectivity index (χ1n) is 6.49. The maximum Gasteiger partial charge on any atom is 0.453 e. The van der Waals surface area contributed by atoms with Gasteiger partial charge in [0, 0.05) is 11.1 Å². The molecule has 2 aromatic heterocycles. The molecule has 0 aliphatic heterocycles. The van der Waals surface area contributed by atoms with E-state index in [1.165, 1.54) is 12.3 Å². The number of alkyl halides is 3. The number of ketones is 1. The van der Waals surface area contributed by atoms with E-state index in [0.717, 1.165) is 4.68 Å². The molecular weight excluding hydrogens is 391 g/mol. The van der Waals surface area contributed by atoms with Gasteiger partial charge < -0.3 is 0 Å². The van der Waals surface area contributed by atoms with Gasteiger partial charge in [-0.2, -0.15) is 27.9 Å². The fourth-order valence-corrected chi connectivity index (χ4v) is 2.33. The molecule has 0 fully saturated rings. The summed E-state index contributed by atoms with van der Waals surface area (Å²) in [6.07, 6.45) is -3.47. The summed E-state index contributed by atoms with van der Waals surface area (Å²) in [7, 11) is 0. The lowest BCUT2D eigenvalue weighted by Crippen LogP contribution is -2.10. The fraction of sp³-hybridized carbons (Fsp3) is 0.0714. The van der Waals surface area contributed by atoms with Crippen molar-refractivity contribution in [3.05, 3.63) is 64.3 Å². The molecule has 24 heavy (non-hydrogen) atoms. The molecular formula is C14H7BrF3N5O. The summed E-state index contributed by atoms with van der Waals surface area (Å²) >= 11 is 2.89. The molecule has 0 atom stereocenters. The van der Waals surface area contributed by atoms with Gasteiger partial charge in [-0.05, 0) is 22.0 Å². The minimum Gasteiger partial charge on any atom is -0.289 e. The SMILES string of the molecule is O=C(c1ccccc1)c1cnnc(-n2nc(C(F)(F)F)nc2Br)c1. The zero-order valence-corrected chi connectivity index (χ0v) is 13.3. The Labute approximate surface area is 141 Å². The molecule has 6 nitrogen and oxygen atoms in total. The highest BCUT2D eigenvalue weighted by Crippen LogP contribution is 2.28. The van der Waals surface area contributed by atoms with Gasteiger partial charge >= 0.3 is 6.18 Å². The van der Waals surface area contributed by atoms with E-state index < -0.39 is 12.0 Å². The minimum atomic E-state index is -4.70. The number of aromatic nitrogens is 5. The smallest absolute Gasteiger partial charge is 0.289 e. The summed E-state index contributed by atoms with van der Waals surface area (Å²) < 4.78 is 38.6. The second-order valence-corrected chi connectivity index (χ2v) is 5.32. The first-order chi connectivity index (χ1) is 11.4. The standard InChI is InChI=1S/C14H7BrF3N5O/c15-13-20-12(14(16,17)18)22-23(13)10-6-9(7-19-21-10)11(24)8-4-2-1-3-5-8/h1-7H. The molecule has 0 amide bonds. The number of carbonyl (C=O) groups excluding carboxylic acids is 1. The normalized spacial score (nSPS) is 11.5. The molecule has 0 N–H and O–H groups in total. The average molecular weight is 398 g/mol. The lowest BCUT2D eigenvalue weighted by molar-refractivity contribution is -0.144. The number of rotatable bonds is 3. The molecule has 0 unspecified atom stereocenters. The quantitative estimate of drug-likeness (QED) is 0.635. The van der Waals surface area contributed by atoms with Crippen LogP contribution in [0.3, 0.4) is 0 Å². The molecule has 3 rings (SSSR count). The summed E-state index contributed by atoms with van der Waals surface area (Å²) in [6.45, 7) is 0. The summed E-state index contributed by atoms with van der Waals surface area (Å²) in [5, 5.41) is 10.7. The Balaban J connectivity index is 2.00. The molecule has 2 heterocycles. The molecule has 0 bridgehead atoms. The summed E-state index contributed by atoms with van der Waals surface area (Å²) in [5.41, 5.74) is 0.590. The average Bonchev–Trinajstić information content (AvgIpc) is 2.97. The molecule has 1 aromatic carbocycles. The van der Waals surface area contributed by atoms with Crippen molar-refractivity contribution in [1.29, 1.82) is 0 Å². The van der Waals surface area contributed by atoms with Crippen LogP contribution in [0.2, 0.25) is 0 Å². The van der Waals surface area contributed by atoms with Crippen LogP contribution in [-0.2, 0) is 6.18 Å². The predicted octanol–water partition coefficient (Wildman–Crippen LogP) is 3.07. The second-order valence-electron chi connectivity index (χ2n) is 4.61. The molecule has 3 aromatic rings. The zero-order chi connectivity index (χ0) is 17.3. The number of hydrogen-bond acceptors (Lipinski definition) is 5. The first-order valence-corrected chi connectivity index (χ1v) is 7.28. The second kappa shape index (κ2) is 6.11. The van der Waals surface area contributed by atoms with E-state index in [1.54, 1.807) is 30.3 Å². The Morgan fingerprint density at radius 3 is 2.46 bits per heavy atom. The van der Waals surface area contributed by atoms with E-state index in [9.17, 15) is 18.0 Å². The number of nitrogens with zero attached hydrogens (tertiary/aromatic N) is 5. The molecule has 0 spiro atoms. The van der Waals surface area contributed by atoms with Crippen LogP contribution in [0.5, 0.6) is 0 Å². The van der Waals surface area contributed by atoms with Crippen LogP contribution in [0.4, 0.5) is 13.2 Å². The van der Waals surface area contributed by atoms with Crippen molar-refractivity contribution in [3.63, 3.8) is 0 Å². The zero-order valence-electron chi connectivity index (χ0n) is 11.7. The van der Waals surface area contributed by atoms with E-state index in [1.807, 2.05) is 0 Å². The molecule has 0 aliphatic carbocycles. The van der Waals surface area contributed by atoms with Gasteiger partial charge in [-0.1, -0.05) is 30.3 Å². The Morgan fingerprint density at radius 2 is 1.83 bits per heavy atom. The highest BCUT2D eigenvalue weighted by atomic mass is 79.9. The van der Waals surface area contributed by atoms with Crippen LogP contribution in [0.15, 0.2) is 47.3 Å². The molecule has 0 aliphatic rings. The maximum atomic E-state index is 12.7. The van der Waals surface area contributed by atoms with Crippen LogP contribution in [0.25, 0.3) is 5.82 Å². The Bertz CT molecular complexity index is 895.